The van der Waals surface area contributed by atoms with Crippen molar-refractivity contribution in [3.8, 4) is 5.88 Å². The number of carbonyl (C=O) groups is 1. The number of ether oxygens (including phenoxy) is 1. The summed E-state index contributed by atoms with van der Waals surface area (Å²) in [6.07, 6.45) is 1.46. The summed E-state index contributed by atoms with van der Waals surface area (Å²) < 4.78 is 33.6. The minimum atomic E-state index is -3.88. The fraction of sp³-hybridized carbons (Fsp3) is 0.250. The second-order valence-electron chi connectivity index (χ2n) is 7.15. The van der Waals surface area contributed by atoms with Gasteiger partial charge in [0.05, 0.1) is 30.4 Å². The van der Waals surface area contributed by atoms with Gasteiger partial charge in [0, 0.05) is 24.7 Å². The van der Waals surface area contributed by atoms with Crippen LogP contribution in [0.1, 0.15) is 22.8 Å². The van der Waals surface area contributed by atoms with E-state index in [-0.39, 0.29) is 23.9 Å². The Hall–Kier alpha value is -3.39. The molecule has 1 amide bonds. The summed E-state index contributed by atoms with van der Waals surface area (Å²) in [5, 5.41) is 0. The molecule has 168 valence electrons. The topological polar surface area (TPSA) is 79.8 Å². The van der Waals surface area contributed by atoms with E-state index in [2.05, 4.69) is 4.98 Å². The maximum absolute atomic E-state index is 13.6. The molecule has 3 rings (SSSR count). The Morgan fingerprint density at radius 3 is 2.25 bits per heavy atom. The molecule has 1 aromatic heterocycles. The zero-order chi connectivity index (χ0) is 23.1. The van der Waals surface area contributed by atoms with Crippen molar-refractivity contribution in [2.45, 2.75) is 18.7 Å². The van der Waals surface area contributed by atoms with Gasteiger partial charge in [0.1, 0.15) is 0 Å². The van der Waals surface area contributed by atoms with Gasteiger partial charge < -0.3 is 9.64 Å². The number of aromatic nitrogens is 1. The van der Waals surface area contributed by atoms with Crippen molar-refractivity contribution in [3.63, 3.8) is 0 Å². The lowest BCUT2D eigenvalue weighted by atomic mass is 10.2. The standard InChI is InChI=1S/C24H27N3O4S/c1-4-26(24(28)20-11-6-5-7-12-20)16-17-27(21-14-15-23(31-3)25-18-21)32(29,30)22-13-9-8-10-19(22)2/h5-15,18H,4,16-17H2,1-3H3. The fourth-order valence-electron chi connectivity index (χ4n) is 3.37. The summed E-state index contributed by atoms with van der Waals surface area (Å²) in [5.41, 5.74) is 1.61. The van der Waals surface area contributed by atoms with E-state index >= 15 is 0 Å². The number of carbonyl (C=O) groups excluding carboxylic acids is 1. The van der Waals surface area contributed by atoms with E-state index in [1.54, 1.807) is 72.5 Å². The summed E-state index contributed by atoms with van der Waals surface area (Å²) in [7, 11) is -2.39. The molecule has 0 fully saturated rings. The molecule has 7 nitrogen and oxygen atoms in total. The van der Waals surface area contributed by atoms with Gasteiger partial charge in [0.25, 0.3) is 15.9 Å². The molecule has 0 aliphatic carbocycles. The largest absolute Gasteiger partial charge is 0.481 e. The van der Waals surface area contributed by atoms with Crippen LogP contribution < -0.4 is 9.04 Å². The molecule has 0 radical (unpaired) electrons. The molecule has 2 aromatic carbocycles. The fourth-order valence-corrected chi connectivity index (χ4v) is 5.04. The van der Waals surface area contributed by atoms with Crippen LogP contribution in [0.5, 0.6) is 5.88 Å². The van der Waals surface area contributed by atoms with E-state index in [1.807, 2.05) is 13.0 Å². The minimum Gasteiger partial charge on any atom is -0.481 e. The van der Waals surface area contributed by atoms with Crippen molar-refractivity contribution in [2.24, 2.45) is 0 Å². The van der Waals surface area contributed by atoms with E-state index in [4.69, 9.17) is 4.74 Å². The molecule has 0 spiro atoms. The maximum atomic E-state index is 13.6. The number of likely N-dealkylation sites (N-methyl/N-ethyl adjacent to an activating group) is 1. The third-order valence-corrected chi connectivity index (χ3v) is 7.13. The zero-order valence-corrected chi connectivity index (χ0v) is 19.2. The first-order valence-electron chi connectivity index (χ1n) is 10.3. The lowest BCUT2D eigenvalue weighted by Gasteiger charge is -2.28. The Morgan fingerprint density at radius 2 is 1.66 bits per heavy atom. The van der Waals surface area contributed by atoms with E-state index in [9.17, 15) is 13.2 Å². The van der Waals surface area contributed by atoms with Crippen LogP contribution in [0.25, 0.3) is 0 Å². The molecule has 1 heterocycles. The van der Waals surface area contributed by atoms with Crippen LogP contribution in [-0.2, 0) is 10.0 Å². The summed E-state index contributed by atoms with van der Waals surface area (Å²) in [6, 6.07) is 19.1. The van der Waals surface area contributed by atoms with E-state index in [1.165, 1.54) is 17.6 Å². The highest BCUT2D eigenvalue weighted by molar-refractivity contribution is 7.92. The highest BCUT2D eigenvalue weighted by atomic mass is 32.2. The number of aryl methyl sites for hydroxylation is 1. The van der Waals surface area contributed by atoms with Crippen molar-refractivity contribution in [1.82, 2.24) is 9.88 Å². The van der Waals surface area contributed by atoms with Crippen molar-refractivity contribution in [3.05, 3.63) is 84.1 Å². The van der Waals surface area contributed by atoms with Gasteiger partial charge >= 0.3 is 0 Å². The van der Waals surface area contributed by atoms with Crippen molar-refractivity contribution >= 4 is 21.6 Å². The van der Waals surface area contributed by atoms with Crippen LogP contribution in [0, 0.1) is 6.92 Å². The molecular formula is C24H27N3O4S. The lowest BCUT2D eigenvalue weighted by molar-refractivity contribution is 0.0769. The van der Waals surface area contributed by atoms with Gasteiger partial charge in [-0.2, -0.15) is 0 Å². The summed E-state index contributed by atoms with van der Waals surface area (Å²) in [5.74, 6) is 0.241. The Kier molecular flexibility index (Phi) is 7.48. The number of methoxy groups -OCH3 is 1. The predicted molar refractivity (Wildman–Crippen MR) is 125 cm³/mol. The number of rotatable bonds is 9. The monoisotopic (exact) mass is 453 g/mol. The first-order valence-corrected chi connectivity index (χ1v) is 11.7. The molecule has 0 unspecified atom stereocenters. The molecule has 0 N–H and O–H groups in total. The normalized spacial score (nSPS) is 11.1. The number of hydrogen-bond acceptors (Lipinski definition) is 5. The Balaban J connectivity index is 1.93. The van der Waals surface area contributed by atoms with Gasteiger partial charge in [-0.25, -0.2) is 13.4 Å². The van der Waals surface area contributed by atoms with E-state index < -0.39 is 10.0 Å². The highest BCUT2D eigenvalue weighted by Gasteiger charge is 2.28. The molecule has 0 saturated heterocycles. The molecule has 3 aromatic rings. The Morgan fingerprint density at radius 1 is 0.969 bits per heavy atom. The lowest BCUT2D eigenvalue weighted by Crippen LogP contribution is -2.41. The van der Waals surface area contributed by atoms with Crippen LogP contribution in [0.15, 0.2) is 77.8 Å². The Labute approximate surface area is 189 Å². The molecular weight excluding hydrogens is 426 g/mol. The molecule has 0 aliphatic heterocycles. The number of benzene rings is 2. The number of amides is 1. The van der Waals surface area contributed by atoms with Gasteiger partial charge in [-0.1, -0.05) is 36.4 Å². The third kappa shape index (κ3) is 5.08. The highest BCUT2D eigenvalue weighted by Crippen LogP contribution is 2.26. The first kappa shape index (κ1) is 23.3. The smallest absolute Gasteiger partial charge is 0.264 e. The minimum absolute atomic E-state index is 0.0804. The molecule has 8 heteroatoms. The third-order valence-electron chi connectivity index (χ3n) is 5.14. The number of anilines is 1. The number of sulfonamides is 1. The molecule has 0 atom stereocenters. The van der Waals surface area contributed by atoms with Crippen molar-refractivity contribution in [2.75, 3.05) is 31.0 Å². The van der Waals surface area contributed by atoms with Crippen molar-refractivity contribution in [1.29, 1.82) is 0 Å². The number of nitrogens with zero attached hydrogens (tertiary/aromatic N) is 3. The average molecular weight is 454 g/mol. The van der Waals surface area contributed by atoms with Crippen LogP contribution in [0.3, 0.4) is 0 Å². The number of hydrogen-bond donors (Lipinski definition) is 0. The molecule has 0 bridgehead atoms. The predicted octanol–water partition coefficient (Wildman–Crippen LogP) is 3.76. The van der Waals surface area contributed by atoms with Gasteiger partial charge in [-0.3, -0.25) is 9.10 Å². The van der Waals surface area contributed by atoms with Gasteiger partial charge in [0.15, 0.2) is 0 Å². The summed E-state index contributed by atoms with van der Waals surface area (Å²) >= 11 is 0. The van der Waals surface area contributed by atoms with Crippen LogP contribution in [0.4, 0.5) is 5.69 Å². The first-order chi connectivity index (χ1) is 15.4. The van der Waals surface area contributed by atoms with E-state index in [0.717, 1.165) is 0 Å². The zero-order valence-electron chi connectivity index (χ0n) is 18.4. The SMILES string of the molecule is CCN(CCN(c1ccc(OC)nc1)S(=O)(=O)c1ccccc1C)C(=O)c1ccccc1. The second kappa shape index (κ2) is 10.3. The maximum Gasteiger partial charge on any atom is 0.264 e. The molecule has 0 saturated carbocycles. The second-order valence-corrected chi connectivity index (χ2v) is 8.98. The quantitative estimate of drug-likeness (QED) is 0.493. The van der Waals surface area contributed by atoms with Crippen LogP contribution in [-0.4, -0.2) is 51.0 Å². The van der Waals surface area contributed by atoms with Gasteiger partial charge in [-0.05, 0) is 43.7 Å². The van der Waals surface area contributed by atoms with Gasteiger partial charge in [-0.15, -0.1) is 0 Å². The van der Waals surface area contributed by atoms with E-state index in [0.29, 0.717) is 29.2 Å². The van der Waals surface area contributed by atoms with Crippen molar-refractivity contribution < 1.29 is 17.9 Å². The number of pyridine rings is 1. The van der Waals surface area contributed by atoms with Crippen LogP contribution in [0.2, 0.25) is 0 Å². The molecule has 0 aliphatic rings. The Bertz CT molecular complexity index is 1150. The average Bonchev–Trinajstić information content (AvgIpc) is 2.82. The van der Waals surface area contributed by atoms with Gasteiger partial charge in [0.2, 0.25) is 5.88 Å². The molecule has 32 heavy (non-hydrogen) atoms. The van der Waals surface area contributed by atoms with Crippen LogP contribution >= 0.6 is 0 Å². The summed E-state index contributed by atoms with van der Waals surface area (Å²) in [6.45, 7) is 4.38. The summed E-state index contributed by atoms with van der Waals surface area (Å²) in [4.78, 5) is 18.9.